The summed E-state index contributed by atoms with van der Waals surface area (Å²) in [4.78, 5) is 36.5. The number of aryl methyl sites for hydroxylation is 1. The summed E-state index contributed by atoms with van der Waals surface area (Å²) in [6, 6.07) is 14.4. The maximum atomic E-state index is 12.4. The van der Waals surface area contributed by atoms with Gasteiger partial charge < -0.3 is 15.4 Å². The van der Waals surface area contributed by atoms with Gasteiger partial charge in [0.1, 0.15) is 5.25 Å². The number of benzene rings is 2. The zero-order chi connectivity index (χ0) is 22.4. The number of nitrogens with one attached hydrogen (secondary N) is 2. The number of rotatable bonds is 6. The van der Waals surface area contributed by atoms with Gasteiger partial charge in [-0.25, -0.2) is 4.79 Å². The van der Waals surface area contributed by atoms with Crippen molar-refractivity contribution in [3.05, 3.63) is 65.2 Å². The van der Waals surface area contributed by atoms with E-state index >= 15 is 0 Å². The molecule has 1 atom stereocenters. The molecule has 0 radical (unpaired) electrons. The number of carbonyl (C=O) groups is 3. The molecule has 1 fully saturated rings. The number of amidine groups is 1. The second kappa shape index (κ2) is 10.0. The molecular weight excluding hydrogens is 416 g/mol. The molecule has 2 N–H and O–H groups in total. The Bertz CT molecular complexity index is 1060. The molecular formula is C22H22N4O4S. The van der Waals surface area contributed by atoms with E-state index in [1.165, 1.54) is 7.11 Å². The standard InChI is InChI=1S/C22H22N4O4S/c1-13-8-10-15(11-9-13)14(2)25-26-22-24-20(28)18(31-22)12-19(27)23-17-7-5-4-6-16(17)21(29)30-3/h4-11,18H,12H2,1-3H3,(H,23,27)(H,24,26,28)/b25-14-/t18-/m1/s1. The molecule has 1 heterocycles. The van der Waals surface area contributed by atoms with Crippen LogP contribution in [0.2, 0.25) is 0 Å². The van der Waals surface area contributed by atoms with Crippen molar-refractivity contribution >= 4 is 46.1 Å². The average molecular weight is 439 g/mol. The summed E-state index contributed by atoms with van der Waals surface area (Å²) in [5, 5.41) is 13.3. The van der Waals surface area contributed by atoms with E-state index in [-0.39, 0.29) is 17.9 Å². The van der Waals surface area contributed by atoms with Crippen molar-refractivity contribution < 1.29 is 19.1 Å². The summed E-state index contributed by atoms with van der Waals surface area (Å²) < 4.78 is 4.72. The molecule has 0 bridgehead atoms. The molecule has 0 spiro atoms. The molecule has 3 rings (SSSR count). The van der Waals surface area contributed by atoms with Crippen molar-refractivity contribution in [3.8, 4) is 0 Å². The minimum absolute atomic E-state index is 0.0777. The Morgan fingerprint density at radius 3 is 2.58 bits per heavy atom. The number of hydrogen-bond donors (Lipinski definition) is 2. The second-order valence-electron chi connectivity index (χ2n) is 6.84. The van der Waals surface area contributed by atoms with E-state index in [1.807, 2.05) is 38.1 Å². The van der Waals surface area contributed by atoms with E-state index in [9.17, 15) is 14.4 Å². The maximum Gasteiger partial charge on any atom is 0.339 e. The maximum absolute atomic E-state index is 12.4. The predicted molar refractivity (Wildman–Crippen MR) is 121 cm³/mol. The number of esters is 1. The van der Waals surface area contributed by atoms with Crippen LogP contribution in [0.3, 0.4) is 0 Å². The topological polar surface area (TPSA) is 109 Å². The third kappa shape index (κ3) is 5.79. The normalized spacial score (nSPS) is 17.4. The van der Waals surface area contributed by atoms with Crippen LogP contribution in [0.25, 0.3) is 0 Å². The lowest BCUT2D eigenvalue weighted by molar-refractivity contribution is -0.122. The van der Waals surface area contributed by atoms with Crippen molar-refractivity contribution in [2.75, 3.05) is 12.4 Å². The van der Waals surface area contributed by atoms with Crippen LogP contribution in [0, 0.1) is 6.92 Å². The highest BCUT2D eigenvalue weighted by atomic mass is 32.2. The molecule has 160 valence electrons. The SMILES string of the molecule is COC(=O)c1ccccc1NC(=O)C[C@H]1S/C(=N/N=C(/C)c2ccc(C)cc2)NC1=O. The number of nitrogens with zero attached hydrogens (tertiary/aromatic N) is 2. The number of para-hydroxylation sites is 1. The highest BCUT2D eigenvalue weighted by molar-refractivity contribution is 8.15. The van der Waals surface area contributed by atoms with Gasteiger partial charge >= 0.3 is 5.97 Å². The van der Waals surface area contributed by atoms with Gasteiger partial charge in [0.15, 0.2) is 5.17 Å². The zero-order valence-electron chi connectivity index (χ0n) is 17.3. The summed E-state index contributed by atoms with van der Waals surface area (Å²) >= 11 is 1.14. The third-order valence-electron chi connectivity index (χ3n) is 4.51. The fourth-order valence-corrected chi connectivity index (χ4v) is 3.73. The molecule has 2 aromatic rings. The van der Waals surface area contributed by atoms with E-state index in [1.54, 1.807) is 24.3 Å². The lowest BCUT2D eigenvalue weighted by Gasteiger charge is -2.10. The number of ether oxygens (including phenoxy) is 1. The third-order valence-corrected chi connectivity index (χ3v) is 5.59. The number of anilines is 1. The summed E-state index contributed by atoms with van der Waals surface area (Å²) in [7, 11) is 1.27. The second-order valence-corrected chi connectivity index (χ2v) is 8.03. The van der Waals surface area contributed by atoms with Crippen molar-refractivity contribution in [3.63, 3.8) is 0 Å². The first kappa shape index (κ1) is 22.2. The highest BCUT2D eigenvalue weighted by Gasteiger charge is 2.32. The fourth-order valence-electron chi connectivity index (χ4n) is 2.81. The van der Waals surface area contributed by atoms with Gasteiger partial charge in [-0.1, -0.05) is 53.7 Å². The number of hydrogen-bond acceptors (Lipinski definition) is 7. The first-order valence-corrected chi connectivity index (χ1v) is 10.4. The number of methoxy groups -OCH3 is 1. The van der Waals surface area contributed by atoms with Gasteiger partial charge in [-0.2, -0.15) is 5.10 Å². The van der Waals surface area contributed by atoms with E-state index < -0.39 is 17.1 Å². The molecule has 0 aliphatic carbocycles. The van der Waals surface area contributed by atoms with Gasteiger partial charge in [0, 0.05) is 6.42 Å². The first-order valence-electron chi connectivity index (χ1n) is 9.51. The number of thioether (sulfide) groups is 1. The van der Waals surface area contributed by atoms with E-state index in [2.05, 4.69) is 20.8 Å². The van der Waals surface area contributed by atoms with Gasteiger partial charge in [0.2, 0.25) is 11.8 Å². The minimum Gasteiger partial charge on any atom is -0.465 e. The molecule has 1 aliphatic rings. The predicted octanol–water partition coefficient (Wildman–Crippen LogP) is 3.12. The smallest absolute Gasteiger partial charge is 0.339 e. The van der Waals surface area contributed by atoms with E-state index in [0.717, 1.165) is 22.9 Å². The van der Waals surface area contributed by atoms with Crippen molar-refractivity contribution in [2.45, 2.75) is 25.5 Å². The van der Waals surface area contributed by atoms with Crippen LogP contribution in [0.5, 0.6) is 0 Å². The molecule has 0 saturated carbocycles. The van der Waals surface area contributed by atoms with Crippen LogP contribution in [0.4, 0.5) is 5.69 Å². The molecule has 9 heteroatoms. The van der Waals surface area contributed by atoms with Gasteiger partial charge in [-0.3, -0.25) is 9.59 Å². The summed E-state index contributed by atoms with van der Waals surface area (Å²) in [6.45, 7) is 3.84. The van der Waals surface area contributed by atoms with E-state index in [4.69, 9.17) is 4.74 Å². The summed E-state index contributed by atoms with van der Waals surface area (Å²) in [5.74, 6) is -1.27. The average Bonchev–Trinajstić information content (AvgIpc) is 3.11. The lowest BCUT2D eigenvalue weighted by atomic mass is 10.1. The van der Waals surface area contributed by atoms with Crippen LogP contribution in [-0.4, -0.2) is 41.0 Å². The van der Waals surface area contributed by atoms with Gasteiger partial charge in [0.05, 0.1) is 24.1 Å². The number of amides is 2. The molecule has 2 amide bonds. The Morgan fingerprint density at radius 1 is 1.16 bits per heavy atom. The Hall–Kier alpha value is -3.46. The van der Waals surface area contributed by atoms with Crippen molar-refractivity contribution in [2.24, 2.45) is 10.2 Å². The van der Waals surface area contributed by atoms with Crippen LogP contribution >= 0.6 is 11.8 Å². The van der Waals surface area contributed by atoms with Crippen LogP contribution < -0.4 is 10.6 Å². The van der Waals surface area contributed by atoms with Gasteiger partial charge in [-0.15, -0.1) is 5.10 Å². The summed E-state index contributed by atoms with van der Waals surface area (Å²) in [6.07, 6.45) is -0.0777. The molecule has 31 heavy (non-hydrogen) atoms. The molecule has 2 aromatic carbocycles. The zero-order valence-corrected chi connectivity index (χ0v) is 18.2. The van der Waals surface area contributed by atoms with Crippen LogP contribution in [0.15, 0.2) is 58.7 Å². The quantitative estimate of drug-likeness (QED) is 0.409. The molecule has 1 aliphatic heterocycles. The Balaban J connectivity index is 1.62. The fraction of sp³-hybridized carbons (Fsp3) is 0.227. The molecule has 8 nitrogen and oxygen atoms in total. The van der Waals surface area contributed by atoms with Gasteiger partial charge in [0.25, 0.3) is 0 Å². The van der Waals surface area contributed by atoms with Crippen LogP contribution in [-0.2, 0) is 14.3 Å². The lowest BCUT2D eigenvalue weighted by Crippen LogP contribution is -2.28. The Morgan fingerprint density at radius 2 is 1.87 bits per heavy atom. The number of carbonyl (C=O) groups excluding carboxylic acids is 3. The molecule has 0 unspecified atom stereocenters. The highest BCUT2D eigenvalue weighted by Crippen LogP contribution is 2.24. The van der Waals surface area contributed by atoms with Crippen molar-refractivity contribution in [1.82, 2.24) is 5.32 Å². The van der Waals surface area contributed by atoms with E-state index in [0.29, 0.717) is 16.6 Å². The van der Waals surface area contributed by atoms with Gasteiger partial charge in [-0.05, 0) is 31.5 Å². The first-order chi connectivity index (χ1) is 14.9. The minimum atomic E-state index is -0.640. The molecule has 0 aromatic heterocycles. The summed E-state index contributed by atoms with van der Waals surface area (Å²) in [5.41, 5.74) is 3.37. The Kier molecular flexibility index (Phi) is 7.19. The van der Waals surface area contributed by atoms with Crippen molar-refractivity contribution in [1.29, 1.82) is 0 Å². The largest absolute Gasteiger partial charge is 0.465 e. The van der Waals surface area contributed by atoms with Crippen LogP contribution in [0.1, 0.15) is 34.8 Å². The molecule has 1 saturated heterocycles. The Labute approximate surface area is 184 Å². The monoisotopic (exact) mass is 438 g/mol.